The van der Waals surface area contributed by atoms with E-state index in [1.54, 1.807) is 0 Å². The Morgan fingerprint density at radius 1 is 1.41 bits per heavy atom. The Hall–Kier alpha value is -1.81. The van der Waals surface area contributed by atoms with E-state index >= 15 is 0 Å². The van der Waals surface area contributed by atoms with Gasteiger partial charge in [0.1, 0.15) is 6.04 Å². The second kappa shape index (κ2) is 3.60. The number of hydrogen-bond donors (Lipinski definition) is 3. The van der Waals surface area contributed by atoms with E-state index < -0.39 is 12.0 Å². The number of nitrogens with one attached hydrogen (secondary N) is 2. The van der Waals surface area contributed by atoms with E-state index in [4.69, 9.17) is 0 Å². The molecule has 2 heterocycles. The smallest absolute Gasteiger partial charge is 0.326 e. The fraction of sp³-hybridized carbons (Fsp3) is 0.308. The van der Waals surface area contributed by atoms with E-state index in [9.17, 15) is 9.90 Å². The number of H-pyrrole nitrogens is 1. The molecule has 2 unspecified atom stereocenters. The summed E-state index contributed by atoms with van der Waals surface area (Å²) in [6, 6.07) is 7.36. The highest BCUT2D eigenvalue weighted by Gasteiger charge is 2.32. The summed E-state index contributed by atoms with van der Waals surface area (Å²) >= 11 is 0. The molecule has 0 spiro atoms. The van der Waals surface area contributed by atoms with Gasteiger partial charge in [0.05, 0.1) is 0 Å². The van der Waals surface area contributed by atoms with Gasteiger partial charge in [-0.15, -0.1) is 0 Å². The zero-order chi connectivity index (χ0) is 12.0. The van der Waals surface area contributed by atoms with Crippen molar-refractivity contribution in [1.82, 2.24) is 10.3 Å². The molecule has 0 amide bonds. The first-order valence-corrected chi connectivity index (χ1v) is 5.75. The van der Waals surface area contributed by atoms with Crippen LogP contribution in [0.1, 0.15) is 30.1 Å². The van der Waals surface area contributed by atoms with Gasteiger partial charge < -0.3 is 10.1 Å². The fourth-order valence-electron chi connectivity index (χ4n) is 2.65. The molecule has 1 aromatic heterocycles. The van der Waals surface area contributed by atoms with Crippen LogP contribution < -0.4 is 5.32 Å². The molecule has 0 aliphatic carbocycles. The second-order valence-corrected chi connectivity index (χ2v) is 4.58. The van der Waals surface area contributed by atoms with Gasteiger partial charge in [-0.2, -0.15) is 0 Å². The maximum Gasteiger partial charge on any atom is 0.326 e. The maximum atomic E-state index is 11.2. The number of carboxylic acids is 1. The average Bonchev–Trinajstić information content (AvgIpc) is 2.68. The molecule has 0 fully saturated rings. The first-order chi connectivity index (χ1) is 8.18. The molecular weight excluding hydrogens is 216 g/mol. The van der Waals surface area contributed by atoms with Gasteiger partial charge >= 0.3 is 5.97 Å². The van der Waals surface area contributed by atoms with Crippen molar-refractivity contribution in [2.75, 3.05) is 6.54 Å². The van der Waals surface area contributed by atoms with Crippen molar-refractivity contribution in [3.8, 4) is 0 Å². The van der Waals surface area contributed by atoms with E-state index in [1.807, 2.05) is 24.3 Å². The lowest BCUT2D eigenvalue weighted by Crippen LogP contribution is -2.36. The van der Waals surface area contributed by atoms with Crippen molar-refractivity contribution < 1.29 is 9.90 Å². The van der Waals surface area contributed by atoms with Crippen LogP contribution in [0.4, 0.5) is 0 Å². The summed E-state index contributed by atoms with van der Waals surface area (Å²) in [5.74, 6) is -0.499. The number of para-hydroxylation sites is 1. The Morgan fingerprint density at radius 3 is 2.94 bits per heavy atom. The van der Waals surface area contributed by atoms with Crippen LogP contribution in [-0.2, 0) is 4.79 Å². The lowest BCUT2D eigenvalue weighted by atomic mass is 9.91. The van der Waals surface area contributed by atoms with Gasteiger partial charge in [0.25, 0.3) is 0 Å². The van der Waals surface area contributed by atoms with Crippen LogP contribution in [0.3, 0.4) is 0 Å². The molecule has 4 heteroatoms. The first kappa shape index (κ1) is 10.4. The minimum atomic E-state index is -0.829. The number of fused-ring (bicyclic) bond motifs is 3. The standard InChI is InChI=1S/C13H14N2O2/c1-7-6-14-12(13(16)17)11-10(7)8-4-2-3-5-9(8)15-11/h2-5,7,12,14-15H,6H2,1H3,(H,16,17). The molecule has 2 aromatic rings. The van der Waals surface area contributed by atoms with Crippen molar-refractivity contribution in [2.24, 2.45) is 0 Å². The van der Waals surface area contributed by atoms with Gasteiger partial charge in [-0.25, -0.2) is 0 Å². The molecule has 1 aromatic carbocycles. The number of aliphatic carboxylic acids is 1. The minimum Gasteiger partial charge on any atom is -0.480 e. The first-order valence-electron chi connectivity index (χ1n) is 5.75. The number of carbonyl (C=O) groups is 1. The topological polar surface area (TPSA) is 65.1 Å². The molecule has 17 heavy (non-hydrogen) atoms. The number of carboxylic acid groups (broad SMARTS) is 1. The molecule has 4 nitrogen and oxygen atoms in total. The van der Waals surface area contributed by atoms with Crippen LogP contribution in [0, 0.1) is 0 Å². The third-order valence-electron chi connectivity index (χ3n) is 3.43. The zero-order valence-electron chi connectivity index (χ0n) is 9.53. The zero-order valence-corrected chi connectivity index (χ0v) is 9.53. The van der Waals surface area contributed by atoms with Crippen molar-refractivity contribution in [1.29, 1.82) is 0 Å². The molecule has 2 atom stereocenters. The number of rotatable bonds is 1. The van der Waals surface area contributed by atoms with Crippen molar-refractivity contribution in [2.45, 2.75) is 18.9 Å². The Kier molecular flexibility index (Phi) is 2.19. The molecule has 3 rings (SSSR count). The van der Waals surface area contributed by atoms with Crippen LogP contribution in [0.15, 0.2) is 24.3 Å². The Balaban J connectivity index is 2.28. The van der Waals surface area contributed by atoms with Crippen molar-refractivity contribution >= 4 is 16.9 Å². The predicted molar refractivity (Wildman–Crippen MR) is 65.1 cm³/mol. The molecule has 88 valence electrons. The highest BCUT2D eigenvalue weighted by molar-refractivity contribution is 5.88. The summed E-state index contributed by atoms with van der Waals surface area (Å²) in [7, 11) is 0. The van der Waals surface area contributed by atoms with Gasteiger partial charge in [-0.05, 0) is 17.5 Å². The van der Waals surface area contributed by atoms with Crippen LogP contribution in [0.5, 0.6) is 0 Å². The summed E-state index contributed by atoms with van der Waals surface area (Å²) in [4.78, 5) is 14.5. The maximum absolute atomic E-state index is 11.2. The molecule has 1 aliphatic heterocycles. The summed E-state index contributed by atoms with van der Waals surface area (Å²) in [6.45, 7) is 2.82. The van der Waals surface area contributed by atoms with Crippen LogP contribution >= 0.6 is 0 Å². The van der Waals surface area contributed by atoms with E-state index in [0.717, 1.165) is 22.2 Å². The second-order valence-electron chi connectivity index (χ2n) is 4.58. The number of aromatic nitrogens is 1. The summed E-state index contributed by atoms with van der Waals surface area (Å²) in [5, 5.41) is 13.4. The molecule has 0 saturated carbocycles. The summed E-state index contributed by atoms with van der Waals surface area (Å²) in [5.41, 5.74) is 2.96. The molecule has 0 saturated heterocycles. The van der Waals surface area contributed by atoms with E-state index in [2.05, 4.69) is 17.2 Å². The van der Waals surface area contributed by atoms with Crippen LogP contribution in [0.25, 0.3) is 10.9 Å². The molecule has 0 radical (unpaired) electrons. The van der Waals surface area contributed by atoms with E-state index in [-0.39, 0.29) is 0 Å². The third-order valence-corrected chi connectivity index (χ3v) is 3.43. The number of benzene rings is 1. The average molecular weight is 230 g/mol. The van der Waals surface area contributed by atoms with Crippen LogP contribution in [-0.4, -0.2) is 22.6 Å². The lowest BCUT2D eigenvalue weighted by Gasteiger charge is -2.25. The van der Waals surface area contributed by atoms with Crippen molar-refractivity contribution in [3.05, 3.63) is 35.5 Å². The summed E-state index contributed by atoms with van der Waals surface area (Å²) in [6.07, 6.45) is 0. The van der Waals surface area contributed by atoms with Gasteiger partial charge in [0, 0.05) is 23.1 Å². The summed E-state index contributed by atoms with van der Waals surface area (Å²) < 4.78 is 0. The number of aromatic amines is 1. The van der Waals surface area contributed by atoms with E-state index in [1.165, 1.54) is 0 Å². The van der Waals surface area contributed by atoms with Crippen molar-refractivity contribution in [3.63, 3.8) is 0 Å². The molecule has 3 N–H and O–H groups in total. The highest BCUT2D eigenvalue weighted by atomic mass is 16.4. The molecular formula is C13H14N2O2. The number of hydrogen-bond acceptors (Lipinski definition) is 2. The van der Waals surface area contributed by atoms with E-state index in [0.29, 0.717) is 12.5 Å². The largest absolute Gasteiger partial charge is 0.480 e. The Labute approximate surface area is 98.6 Å². The lowest BCUT2D eigenvalue weighted by molar-refractivity contribution is -0.139. The molecule has 0 bridgehead atoms. The Morgan fingerprint density at radius 2 is 2.18 bits per heavy atom. The van der Waals surface area contributed by atoms with Gasteiger partial charge in [0.2, 0.25) is 0 Å². The minimum absolute atomic E-state index is 0.330. The molecule has 1 aliphatic rings. The highest BCUT2D eigenvalue weighted by Crippen LogP contribution is 2.35. The predicted octanol–water partition coefficient (Wildman–Crippen LogP) is 2.00. The SMILES string of the molecule is CC1CNC(C(=O)O)c2[nH]c3ccccc3c21. The van der Waals surface area contributed by atoms with Gasteiger partial charge in [-0.3, -0.25) is 10.1 Å². The monoisotopic (exact) mass is 230 g/mol. The third kappa shape index (κ3) is 1.45. The Bertz CT molecular complexity index is 588. The van der Waals surface area contributed by atoms with Crippen LogP contribution in [0.2, 0.25) is 0 Å². The fourth-order valence-corrected chi connectivity index (χ4v) is 2.65. The quantitative estimate of drug-likeness (QED) is 0.702. The van der Waals surface area contributed by atoms with Gasteiger partial charge in [0.15, 0.2) is 0 Å². The van der Waals surface area contributed by atoms with Gasteiger partial charge in [-0.1, -0.05) is 25.1 Å². The normalized spacial score (nSPS) is 23.6.